The van der Waals surface area contributed by atoms with Crippen LogP contribution in [0.3, 0.4) is 0 Å². The minimum atomic E-state index is -0.106. The van der Waals surface area contributed by atoms with E-state index in [-0.39, 0.29) is 17.7 Å². The predicted molar refractivity (Wildman–Crippen MR) is 104 cm³/mol. The molecule has 1 unspecified atom stereocenters. The fourth-order valence-electron chi connectivity index (χ4n) is 3.86. The van der Waals surface area contributed by atoms with Gasteiger partial charge in [0, 0.05) is 24.6 Å². The Hall–Kier alpha value is -1.88. The molecule has 1 aromatic carbocycles. The molecule has 26 heavy (non-hydrogen) atoms. The Labute approximate surface area is 156 Å². The number of amides is 2. The molecule has 0 spiro atoms. The van der Waals surface area contributed by atoms with E-state index in [1.807, 2.05) is 24.3 Å². The second-order valence-corrected chi connectivity index (χ2v) is 7.81. The van der Waals surface area contributed by atoms with Crippen LogP contribution in [0, 0.1) is 11.8 Å². The number of piperidine rings is 1. The number of fused-ring (bicyclic) bond motifs is 1. The maximum absolute atomic E-state index is 12.2. The lowest BCUT2D eigenvalue weighted by molar-refractivity contribution is -0.122. The van der Waals surface area contributed by atoms with Gasteiger partial charge >= 0.3 is 0 Å². The molecule has 5 nitrogen and oxygen atoms in total. The van der Waals surface area contributed by atoms with Crippen molar-refractivity contribution in [1.82, 2.24) is 10.2 Å². The number of para-hydroxylation sites is 1. The highest BCUT2D eigenvalue weighted by atomic mass is 16.2. The van der Waals surface area contributed by atoms with Crippen LogP contribution in [-0.2, 0) is 16.0 Å². The van der Waals surface area contributed by atoms with Crippen molar-refractivity contribution in [2.75, 3.05) is 31.5 Å². The van der Waals surface area contributed by atoms with E-state index in [0.717, 1.165) is 43.1 Å². The van der Waals surface area contributed by atoms with Gasteiger partial charge < -0.3 is 15.5 Å². The Kier molecular flexibility index (Phi) is 6.67. The molecule has 142 valence electrons. The first-order chi connectivity index (χ1) is 12.6. The predicted octanol–water partition coefficient (Wildman–Crippen LogP) is 2.82. The summed E-state index contributed by atoms with van der Waals surface area (Å²) in [4.78, 5) is 26.8. The monoisotopic (exact) mass is 357 g/mol. The third kappa shape index (κ3) is 5.31. The molecular weight excluding hydrogens is 326 g/mol. The van der Waals surface area contributed by atoms with Gasteiger partial charge in [0.1, 0.15) is 0 Å². The van der Waals surface area contributed by atoms with Crippen LogP contribution in [0.2, 0.25) is 0 Å². The lowest BCUT2D eigenvalue weighted by Crippen LogP contribution is -2.35. The summed E-state index contributed by atoms with van der Waals surface area (Å²) in [6.45, 7) is 6.49. The topological polar surface area (TPSA) is 61.4 Å². The molecule has 0 aromatic heterocycles. The van der Waals surface area contributed by atoms with Crippen molar-refractivity contribution in [3.05, 3.63) is 29.8 Å². The number of nitrogens with zero attached hydrogens (tertiary/aromatic N) is 1. The largest absolute Gasteiger partial charge is 0.356 e. The lowest BCUT2D eigenvalue weighted by Gasteiger charge is -2.30. The molecule has 1 aromatic rings. The first-order valence-corrected chi connectivity index (χ1v) is 9.99. The number of hydrogen-bond donors (Lipinski definition) is 2. The van der Waals surface area contributed by atoms with E-state index in [0.29, 0.717) is 12.8 Å². The van der Waals surface area contributed by atoms with Gasteiger partial charge in [-0.2, -0.15) is 0 Å². The van der Waals surface area contributed by atoms with Crippen molar-refractivity contribution in [2.24, 2.45) is 11.8 Å². The zero-order valence-corrected chi connectivity index (χ0v) is 15.8. The number of benzene rings is 1. The van der Waals surface area contributed by atoms with Crippen LogP contribution >= 0.6 is 0 Å². The molecular formula is C21H31N3O2. The molecule has 5 heteroatoms. The van der Waals surface area contributed by atoms with Crippen LogP contribution in [-0.4, -0.2) is 42.9 Å². The van der Waals surface area contributed by atoms with Gasteiger partial charge in [0.25, 0.3) is 0 Å². The summed E-state index contributed by atoms with van der Waals surface area (Å²) in [6.07, 6.45) is 5.33. The molecule has 2 heterocycles. The molecule has 2 aliphatic rings. The van der Waals surface area contributed by atoms with Crippen LogP contribution in [0.5, 0.6) is 0 Å². The Morgan fingerprint density at radius 2 is 2.04 bits per heavy atom. The zero-order valence-electron chi connectivity index (χ0n) is 15.8. The number of rotatable bonds is 7. The Morgan fingerprint density at radius 1 is 1.27 bits per heavy atom. The van der Waals surface area contributed by atoms with E-state index in [2.05, 4.69) is 22.5 Å². The number of likely N-dealkylation sites (tertiary alicyclic amines) is 1. The van der Waals surface area contributed by atoms with Crippen LogP contribution in [0.25, 0.3) is 0 Å². The second-order valence-electron chi connectivity index (χ2n) is 7.81. The van der Waals surface area contributed by atoms with Gasteiger partial charge in [0.2, 0.25) is 11.8 Å². The third-order valence-corrected chi connectivity index (χ3v) is 5.68. The Balaban J connectivity index is 1.31. The van der Waals surface area contributed by atoms with Gasteiger partial charge in [-0.05, 0) is 69.3 Å². The molecule has 2 N–H and O–H groups in total. The summed E-state index contributed by atoms with van der Waals surface area (Å²) in [6, 6.07) is 7.89. The summed E-state index contributed by atoms with van der Waals surface area (Å²) >= 11 is 0. The van der Waals surface area contributed by atoms with Crippen molar-refractivity contribution in [3.8, 4) is 0 Å². The van der Waals surface area contributed by atoms with Crippen molar-refractivity contribution < 1.29 is 9.59 Å². The minimum Gasteiger partial charge on any atom is -0.356 e. The van der Waals surface area contributed by atoms with E-state index in [1.54, 1.807) is 0 Å². The molecule has 0 bridgehead atoms. The first kappa shape index (κ1) is 18.9. The van der Waals surface area contributed by atoms with Crippen molar-refractivity contribution in [2.45, 2.75) is 45.4 Å². The maximum Gasteiger partial charge on any atom is 0.227 e. The normalized spacial score (nSPS) is 21.1. The number of hydrogen-bond acceptors (Lipinski definition) is 3. The van der Waals surface area contributed by atoms with Crippen LogP contribution < -0.4 is 10.6 Å². The maximum atomic E-state index is 12.2. The van der Waals surface area contributed by atoms with Crippen molar-refractivity contribution in [1.29, 1.82) is 0 Å². The van der Waals surface area contributed by atoms with Crippen molar-refractivity contribution in [3.63, 3.8) is 0 Å². The molecule has 0 aliphatic carbocycles. The zero-order chi connectivity index (χ0) is 18.4. The summed E-state index contributed by atoms with van der Waals surface area (Å²) in [5.41, 5.74) is 2.07. The second kappa shape index (κ2) is 9.17. The summed E-state index contributed by atoms with van der Waals surface area (Å²) in [7, 11) is 0. The van der Waals surface area contributed by atoms with Crippen molar-refractivity contribution >= 4 is 17.5 Å². The molecule has 1 saturated heterocycles. The Morgan fingerprint density at radius 3 is 2.85 bits per heavy atom. The Bertz CT molecular complexity index is 623. The summed E-state index contributed by atoms with van der Waals surface area (Å²) < 4.78 is 0. The van der Waals surface area contributed by atoms with Gasteiger partial charge in [-0.3, -0.25) is 9.59 Å². The van der Waals surface area contributed by atoms with E-state index in [9.17, 15) is 9.59 Å². The quantitative estimate of drug-likeness (QED) is 0.738. The van der Waals surface area contributed by atoms with E-state index in [4.69, 9.17) is 0 Å². The van der Waals surface area contributed by atoms with Crippen LogP contribution in [0.1, 0.15) is 44.6 Å². The van der Waals surface area contributed by atoms with E-state index in [1.165, 1.54) is 25.9 Å². The summed E-state index contributed by atoms with van der Waals surface area (Å²) in [5.74, 6) is 0.848. The number of carbonyl (C=O) groups is 2. The minimum absolute atomic E-state index is 0.0378. The molecule has 3 rings (SSSR count). The standard InChI is InChI=1S/C21H31N3O2/c1-16-9-13-24(14-10-16)12-4-11-22-20(25)8-7-18-15-17-5-2-3-6-19(17)23-21(18)26/h2-3,5-6,16,18H,4,7-15H2,1H3,(H,22,25)(H,23,26). The molecule has 1 atom stereocenters. The van der Waals surface area contributed by atoms with E-state index < -0.39 is 0 Å². The fourth-order valence-corrected chi connectivity index (χ4v) is 3.86. The van der Waals surface area contributed by atoms with Gasteiger partial charge in [-0.15, -0.1) is 0 Å². The molecule has 0 radical (unpaired) electrons. The number of anilines is 1. The molecule has 2 amide bonds. The SMILES string of the molecule is CC1CCN(CCCNC(=O)CCC2Cc3ccccc3NC2=O)CC1. The highest BCUT2D eigenvalue weighted by molar-refractivity contribution is 5.96. The number of nitrogens with one attached hydrogen (secondary N) is 2. The van der Waals surface area contributed by atoms with Gasteiger partial charge in [-0.1, -0.05) is 25.1 Å². The van der Waals surface area contributed by atoms with Gasteiger partial charge in [0.05, 0.1) is 0 Å². The first-order valence-electron chi connectivity index (χ1n) is 9.99. The summed E-state index contributed by atoms with van der Waals surface area (Å²) in [5, 5.41) is 5.96. The van der Waals surface area contributed by atoms with Crippen LogP contribution in [0.4, 0.5) is 5.69 Å². The highest BCUT2D eigenvalue weighted by Crippen LogP contribution is 2.27. The highest BCUT2D eigenvalue weighted by Gasteiger charge is 2.26. The number of carbonyl (C=O) groups excluding carboxylic acids is 2. The third-order valence-electron chi connectivity index (χ3n) is 5.68. The van der Waals surface area contributed by atoms with E-state index >= 15 is 0 Å². The fraction of sp³-hybridized carbons (Fsp3) is 0.619. The van der Waals surface area contributed by atoms with Gasteiger partial charge in [-0.25, -0.2) is 0 Å². The molecule has 2 aliphatic heterocycles. The van der Waals surface area contributed by atoms with Gasteiger partial charge in [0.15, 0.2) is 0 Å². The molecule has 1 fully saturated rings. The lowest BCUT2D eigenvalue weighted by atomic mass is 9.89. The average Bonchev–Trinajstić information content (AvgIpc) is 2.65. The molecule has 0 saturated carbocycles. The average molecular weight is 357 g/mol. The smallest absolute Gasteiger partial charge is 0.227 e. The van der Waals surface area contributed by atoms with Crippen LogP contribution in [0.15, 0.2) is 24.3 Å².